The first-order valence-corrected chi connectivity index (χ1v) is 6.61. The number of hydrogen-bond acceptors (Lipinski definition) is 3. The second-order valence-electron chi connectivity index (χ2n) is 3.86. The molecule has 0 radical (unpaired) electrons. The van der Waals surface area contributed by atoms with Gasteiger partial charge in [-0.25, -0.2) is 4.98 Å². The van der Waals surface area contributed by atoms with Gasteiger partial charge in [0.25, 0.3) is 0 Å². The lowest BCUT2D eigenvalue weighted by atomic mass is 10.2. The van der Waals surface area contributed by atoms with Gasteiger partial charge >= 0.3 is 0 Å². The molecule has 0 amide bonds. The third kappa shape index (κ3) is 3.52. The van der Waals surface area contributed by atoms with Gasteiger partial charge in [-0.15, -0.1) is 11.6 Å². The summed E-state index contributed by atoms with van der Waals surface area (Å²) in [6.07, 6.45) is 1.67. The zero-order chi connectivity index (χ0) is 13.7. The standard InChI is InChI=1S/C14H13Cl2NO2/c1-18-14-11(3-2-6-17-14)9-19-13-5-4-10(8-15)7-12(13)16/h2-7H,8-9H2,1H3. The molecule has 0 atom stereocenters. The number of pyridine rings is 1. The van der Waals surface area contributed by atoms with E-state index < -0.39 is 0 Å². The van der Waals surface area contributed by atoms with E-state index in [1.54, 1.807) is 19.4 Å². The Hall–Kier alpha value is -1.45. The molecule has 1 heterocycles. The van der Waals surface area contributed by atoms with Gasteiger partial charge in [-0.05, 0) is 29.8 Å². The van der Waals surface area contributed by atoms with Crippen LogP contribution in [0.2, 0.25) is 5.02 Å². The second-order valence-corrected chi connectivity index (χ2v) is 4.53. The van der Waals surface area contributed by atoms with Crippen LogP contribution in [0.15, 0.2) is 36.5 Å². The van der Waals surface area contributed by atoms with Gasteiger partial charge in [0.2, 0.25) is 5.88 Å². The summed E-state index contributed by atoms with van der Waals surface area (Å²) < 4.78 is 10.8. The Bertz CT molecular complexity index is 561. The van der Waals surface area contributed by atoms with Crippen molar-refractivity contribution in [3.05, 3.63) is 52.7 Å². The molecular formula is C14H13Cl2NO2. The maximum Gasteiger partial charge on any atom is 0.219 e. The molecule has 1 aromatic heterocycles. The number of halogens is 2. The molecule has 0 unspecified atom stereocenters. The van der Waals surface area contributed by atoms with Crippen LogP contribution in [0.5, 0.6) is 11.6 Å². The molecular weight excluding hydrogens is 285 g/mol. The molecule has 0 N–H and O–H groups in total. The first-order valence-electron chi connectivity index (χ1n) is 5.69. The van der Waals surface area contributed by atoms with Gasteiger partial charge in [0, 0.05) is 12.1 Å². The van der Waals surface area contributed by atoms with Crippen molar-refractivity contribution in [2.45, 2.75) is 12.5 Å². The number of benzene rings is 1. The number of aromatic nitrogens is 1. The summed E-state index contributed by atoms with van der Waals surface area (Å²) in [5, 5.41) is 0.543. The maximum absolute atomic E-state index is 6.12. The fraction of sp³-hybridized carbons (Fsp3) is 0.214. The van der Waals surface area contributed by atoms with Gasteiger partial charge < -0.3 is 9.47 Å². The van der Waals surface area contributed by atoms with Crippen molar-refractivity contribution in [2.24, 2.45) is 0 Å². The zero-order valence-electron chi connectivity index (χ0n) is 10.4. The molecule has 0 saturated carbocycles. The highest BCUT2D eigenvalue weighted by Gasteiger charge is 2.07. The highest BCUT2D eigenvalue weighted by atomic mass is 35.5. The van der Waals surface area contributed by atoms with Crippen LogP contribution in [-0.4, -0.2) is 12.1 Å². The molecule has 100 valence electrons. The third-order valence-corrected chi connectivity index (χ3v) is 3.18. The van der Waals surface area contributed by atoms with Crippen LogP contribution in [0, 0.1) is 0 Å². The fourth-order valence-corrected chi connectivity index (χ4v) is 2.04. The topological polar surface area (TPSA) is 31.4 Å². The Morgan fingerprint density at radius 2 is 2.11 bits per heavy atom. The quantitative estimate of drug-likeness (QED) is 0.780. The summed E-state index contributed by atoms with van der Waals surface area (Å²) in [4.78, 5) is 4.11. The van der Waals surface area contributed by atoms with Crippen LogP contribution in [0.4, 0.5) is 0 Å². The van der Waals surface area contributed by atoms with Gasteiger partial charge in [-0.2, -0.15) is 0 Å². The van der Waals surface area contributed by atoms with Crippen molar-refractivity contribution in [1.29, 1.82) is 0 Å². The Morgan fingerprint density at radius 3 is 2.79 bits per heavy atom. The Balaban J connectivity index is 2.10. The van der Waals surface area contributed by atoms with Crippen molar-refractivity contribution in [1.82, 2.24) is 4.98 Å². The molecule has 0 bridgehead atoms. The average molecular weight is 298 g/mol. The fourth-order valence-electron chi connectivity index (χ4n) is 1.62. The molecule has 1 aromatic carbocycles. The maximum atomic E-state index is 6.12. The minimum absolute atomic E-state index is 0.344. The largest absolute Gasteiger partial charge is 0.487 e. The summed E-state index contributed by atoms with van der Waals surface area (Å²) in [5.41, 5.74) is 1.82. The van der Waals surface area contributed by atoms with Crippen LogP contribution in [-0.2, 0) is 12.5 Å². The van der Waals surface area contributed by atoms with Crippen LogP contribution in [0.25, 0.3) is 0 Å². The van der Waals surface area contributed by atoms with E-state index in [1.165, 1.54) is 0 Å². The molecule has 0 spiro atoms. The highest BCUT2D eigenvalue weighted by Crippen LogP contribution is 2.27. The summed E-state index contributed by atoms with van der Waals surface area (Å²) in [6.45, 7) is 0.344. The number of alkyl halides is 1. The Morgan fingerprint density at radius 1 is 1.26 bits per heavy atom. The van der Waals surface area contributed by atoms with Crippen molar-refractivity contribution in [3.63, 3.8) is 0 Å². The summed E-state index contributed by atoms with van der Waals surface area (Å²) in [6, 6.07) is 9.22. The highest BCUT2D eigenvalue weighted by molar-refractivity contribution is 6.32. The number of methoxy groups -OCH3 is 1. The molecule has 2 aromatic rings. The van der Waals surface area contributed by atoms with E-state index in [9.17, 15) is 0 Å². The van der Waals surface area contributed by atoms with Crippen LogP contribution >= 0.6 is 23.2 Å². The smallest absolute Gasteiger partial charge is 0.219 e. The molecule has 0 aliphatic heterocycles. The summed E-state index contributed by atoms with van der Waals surface area (Å²) in [7, 11) is 1.58. The van der Waals surface area contributed by atoms with E-state index in [-0.39, 0.29) is 0 Å². The first kappa shape index (κ1) is 14.0. The van der Waals surface area contributed by atoms with Crippen LogP contribution < -0.4 is 9.47 Å². The van der Waals surface area contributed by atoms with Crippen LogP contribution in [0.3, 0.4) is 0 Å². The van der Waals surface area contributed by atoms with E-state index in [0.29, 0.717) is 29.1 Å². The normalized spacial score (nSPS) is 10.3. The monoisotopic (exact) mass is 297 g/mol. The lowest BCUT2D eigenvalue weighted by Crippen LogP contribution is -2.00. The second kappa shape index (κ2) is 6.64. The molecule has 0 aliphatic carbocycles. The minimum Gasteiger partial charge on any atom is -0.487 e. The van der Waals surface area contributed by atoms with Gasteiger partial charge in [0.1, 0.15) is 12.4 Å². The van der Waals surface area contributed by atoms with Crippen molar-refractivity contribution >= 4 is 23.2 Å². The van der Waals surface area contributed by atoms with E-state index in [0.717, 1.165) is 11.1 Å². The first-order chi connectivity index (χ1) is 9.24. The molecule has 0 fully saturated rings. The minimum atomic E-state index is 0.344. The average Bonchev–Trinajstić information content (AvgIpc) is 2.46. The van der Waals surface area contributed by atoms with Gasteiger partial charge in [-0.1, -0.05) is 17.7 Å². The summed E-state index contributed by atoms with van der Waals surface area (Å²) >= 11 is 11.9. The summed E-state index contributed by atoms with van der Waals surface area (Å²) in [5.74, 6) is 1.59. The van der Waals surface area contributed by atoms with E-state index >= 15 is 0 Å². The van der Waals surface area contributed by atoms with Gasteiger partial charge in [-0.3, -0.25) is 0 Å². The molecule has 2 rings (SSSR count). The van der Waals surface area contributed by atoms with E-state index in [2.05, 4.69) is 4.98 Å². The molecule has 19 heavy (non-hydrogen) atoms. The predicted octanol–water partition coefficient (Wildman–Crippen LogP) is 4.06. The van der Waals surface area contributed by atoms with E-state index in [1.807, 2.05) is 24.3 Å². The Labute approximate surface area is 122 Å². The van der Waals surface area contributed by atoms with Gasteiger partial charge in [0.05, 0.1) is 17.7 Å². The SMILES string of the molecule is COc1ncccc1COc1ccc(CCl)cc1Cl. The zero-order valence-corrected chi connectivity index (χ0v) is 11.9. The van der Waals surface area contributed by atoms with Crippen LogP contribution in [0.1, 0.15) is 11.1 Å². The van der Waals surface area contributed by atoms with Gasteiger partial charge in [0.15, 0.2) is 0 Å². The molecule has 5 heteroatoms. The number of rotatable bonds is 5. The van der Waals surface area contributed by atoms with Crippen molar-refractivity contribution < 1.29 is 9.47 Å². The molecule has 3 nitrogen and oxygen atoms in total. The third-order valence-electron chi connectivity index (χ3n) is 2.58. The van der Waals surface area contributed by atoms with Crippen molar-refractivity contribution in [2.75, 3.05) is 7.11 Å². The van der Waals surface area contributed by atoms with Crippen molar-refractivity contribution in [3.8, 4) is 11.6 Å². The number of nitrogens with zero attached hydrogens (tertiary/aromatic N) is 1. The number of hydrogen-bond donors (Lipinski definition) is 0. The molecule has 0 aliphatic rings. The predicted molar refractivity (Wildman–Crippen MR) is 76.1 cm³/mol. The number of ether oxygens (including phenoxy) is 2. The Kier molecular flexibility index (Phi) is 4.88. The molecule has 0 saturated heterocycles. The lowest BCUT2D eigenvalue weighted by Gasteiger charge is -2.10. The lowest BCUT2D eigenvalue weighted by molar-refractivity contribution is 0.294. The van der Waals surface area contributed by atoms with E-state index in [4.69, 9.17) is 32.7 Å².